The van der Waals surface area contributed by atoms with Gasteiger partial charge in [-0.25, -0.2) is 0 Å². The fourth-order valence-electron chi connectivity index (χ4n) is 6.28. The van der Waals surface area contributed by atoms with Gasteiger partial charge in [0.05, 0.1) is 11.8 Å². The number of fused-ring (bicyclic) bond motifs is 9. The van der Waals surface area contributed by atoms with Crippen LogP contribution in [0.25, 0.3) is 24.3 Å². The van der Waals surface area contributed by atoms with Crippen molar-refractivity contribution in [3.05, 3.63) is 101 Å². The topological polar surface area (TPSA) is 97.3 Å². The van der Waals surface area contributed by atoms with E-state index in [1.807, 2.05) is 12.2 Å². The van der Waals surface area contributed by atoms with Crippen LogP contribution >= 0.6 is 0 Å². The molecule has 5 heterocycles. The lowest BCUT2D eigenvalue weighted by Crippen LogP contribution is -2.39. The average Bonchev–Trinajstić information content (AvgIpc) is 3.56. The summed E-state index contributed by atoms with van der Waals surface area (Å²) in [6.07, 6.45) is 12.3. The summed E-state index contributed by atoms with van der Waals surface area (Å²) in [5.41, 5.74) is 13.0. The molecule has 4 N–H and O–H groups in total. The van der Waals surface area contributed by atoms with Crippen molar-refractivity contribution in [2.45, 2.75) is 53.4 Å². The van der Waals surface area contributed by atoms with Crippen LogP contribution in [-0.2, 0) is 9.59 Å². The standard InChI is InChI=1S/C32H30N4O2/c1-13-14(2)22-10-24-16(4)18(6)26(35-24)12-28-30-20-8-7-19(31(37)32(20)38)29(30)27(36-28)11-25-17(5)15(3)23(34-25)9-21(13)33-22/h7-12,19-20,33-36H,1-6H3/t19-,20?/m0/s1. The van der Waals surface area contributed by atoms with E-state index < -0.39 is 11.8 Å². The molecule has 0 saturated carbocycles. The molecule has 38 heavy (non-hydrogen) atoms. The van der Waals surface area contributed by atoms with Crippen LogP contribution in [0.5, 0.6) is 0 Å². The minimum atomic E-state index is -0.547. The van der Waals surface area contributed by atoms with Gasteiger partial charge in [-0.15, -0.1) is 0 Å². The number of carbonyl (C=O) groups is 2. The highest BCUT2D eigenvalue weighted by atomic mass is 16.2. The zero-order valence-electron chi connectivity index (χ0n) is 22.4. The van der Waals surface area contributed by atoms with E-state index in [2.05, 4.69) is 85.8 Å². The Morgan fingerprint density at radius 2 is 0.763 bits per heavy atom. The maximum atomic E-state index is 12.9. The minimum Gasteiger partial charge on any atom is -0.355 e. The van der Waals surface area contributed by atoms with Crippen LogP contribution in [0, 0.1) is 41.5 Å². The van der Waals surface area contributed by atoms with Crippen molar-refractivity contribution >= 4 is 35.9 Å². The number of nitrogens with one attached hydrogen (secondary N) is 4. The molecule has 0 radical (unpaired) electrons. The maximum Gasteiger partial charge on any atom is 0.210 e. The smallest absolute Gasteiger partial charge is 0.210 e. The number of H-pyrrole nitrogens is 4. The number of Topliss-reactive ketones (excluding diaryl/α,β-unsaturated/α-hetero) is 2. The molecule has 6 nitrogen and oxygen atoms in total. The molecule has 4 aromatic heterocycles. The van der Waals surface area contributed by atoms with Crippen molar-refractivity contribution in [1.82, 2.24) is 19.9 Å². The molecule has 190 valence electrons. The van der Waals surface area contributed by atoms with Gasteiger partial charge in [0, 0.05) is 44.2 Å². The number of hydrogen-bond donors (Lipinski definition) is 4. The van der Waals surface area contributed by atoms with E-state index in [1.54, 1.807) is 0 Å². The van der Waals surface area contributed by atoms with Gasteiger partial charge < -0.3 is 19.9 Å². The number of rotatable bonds is 0. The molecule has 1 aliphatic heterocycles. The normalized spacial score (nSPS) is 19.1. The Morgan fingerprint density at radius 3 is 1.13 bits per heavy atom. The number of hydrogen-bond acceptors (Lipinski definition) is 2. The summed E-state index contributed by atoms with van der Waals surface area (Å²) in [5.74, 6) is -1.73. The van der Waals surface area contributed by atoms with Gasteiger partial charge in [-0.05, 0) is 110 Å². The van der Waals surface area contributed by atoms with Crippen molar-refractivity contribution in [2.75, 3.05) is 0 Å². The minimum absolute atomic E-state index is 0.318. The molecule has 3 aliphatic carbocycles. The monoisotopic (exact) mass is 502 g/mol. The highest BCUT2D eigenvalue weighted by Crippen LogP contribution is 2.38. The van der Waals surface area contributed by atoms with Gasteiger partial charge in [0.15, 0.2) is 0 Å². The number of carbonyl (C=O) groups excluding carboxylic acids is 2. The van der Waals surface area contributed by atoms with Crippen LogP contribution in [0.15, 0.2) is 12.2 Å². The van der Waals surface area contributed by atoms with E-state index in [0.717, 1.165) is 66.4 Å². The summed E-state index contributed by atoms with van der Waals surface area (Å²) >= 11 is 0. The molecule has 0 saturated heterocycles. The third kappa shape index (κ3) is 2.94. The summed E-state index contributed by atoms with van der Waals surface area (Å²) in [6.45, 7) is 12.8. The number of aromatic amines is 4. The third-order valence-corrected chi connectivity index (χ3v) is 9.14. The van der Waals surface area contributed by atoms with Crippen LogP contribution in [0.3, 0.4) is 0 Å². The first-order valence-electron chi connectivity index (χ1n) is 13.1. The van der Waals surface area contributed by atoms with E-state index >= 15 is 0 Å². The van der Waals surface area contributed by atoms with Crippen LogP contribution in [0.4, 0.5) is 0 Å². The van der Waals surface area contributed by atoms with Crippen molar-refractivity contribution in [2.24, 2.45) is 0 Å². The molecular weight excluding hydrogens is 472 g/mol. The Kier molecular flexibility index (Phi) is 4.57. The van der Waals surface area contributed by atoms with Gasteiger partial charge >= 0.3 is 0 Å². The second-order valence-corrected chi connectivity index (χ2v) is 11.0. The lowest BCUT2D eigenvalue weighted by Gasteiger charge is -2.28. The van der Waals surface area contributed by atoms with Crippen molar-refractivity contribution < 1.29 is 9.59 Å². The Hall–Kier alpha value is -4.32. The van der Waals surface area contributed by atoms with Crippen LogP contribution in [0.2, 0.25) is 0 Å². The Bertz CT molecular complexity index is 1890. The molecule has 10 bridgehead atoms. The van der Waals surface area contributed by atoms with Gasteiger partial charge in [-0.2, -0.15) is 0 Å². The fraction of sp³-hybridized carbons (Fsp3) is 0.250. The predicted octanol–water partition coefficient (Wildman–Crippen LogP) is 2.37. The number of ketones is 2. The highest BCUT2D eigenvalue weighted by molar-refractivity contribution is 6.44. The summed E-state index contributed by atoms with van der Waals surface area (Å²) in [7, 11) is 0. The average molecular weight is 503 g/mol. The molecule has 4 aromatic rings. The molecule has 8 rings (SSSR count). The molecule has 1 unspecified atom stereocenters. The molecule has 0 fully saturated rings. The Morgan fingerprint density at radius 1 is 0.447 bits per heavy atom. The lowest BCUT2D eigenvalue weighted by molar-refractivity contribution is -0.138. The lowest BCUT2D eigenvalue weighted by atomic mass is 9.71. The third-order valence-electron chi connectivity index (χ3n) is 9.14. The Labute approximate surface area is 219 Å². The molecule has 0 spiro atoms. The van der Waals surface area contributed by atoms with E-state index in [4.69, 9.17) is 0 Å². The maximum absolute atomic E-state index is 12.9. The highest BCUT2D eigenvalue weighted by Gasteiger charge is 2.44. The first kappa shape index (κ1) is 22.8. The van der Waals surface area contributed by atoms with Crippen molar-refractivity contribution in [1.29, 1.82) is 0 Å². The van der Waals surface area contributed by atoms with E-state index in [0.29, 0.717) is 0 Å². The van der Waals surface area contributed by atoms with Crippen molar-refractivity contribution in [3.8, 4) is 0 Å². The van der Waals surface area contributed by atoms with Crippen LogP contribution < -0.4 is 21.4 Å². The van der Waals surface area contributed by atoms with E-state index in [9.17, 15) is 9.59 Å². The molecule has 2 atom stereocenters. The van der Waals surface area contributed by atoms with E-state index in [1.165, 1.54) is 22.3 Å². The largest absolute Gasteiger partial charge is 0.355 e. The molecule has 6 heteroatoms. The summed E-state index contributed by atoms with van der Waals surface area (Å²) in [6, 6.07) is 0. The van der Waals surface area contributed by atoms with Gasteiger partial charge in [-0.3, -0.25) is 9.59 Å². The zero-order chi connectivity index (χ0) is 26.6. The van der Waals surface area contributed by atoms with E-state index in [-0.39, 0.29) is 11.6 Å². The number of aromatic nitrogens is 4. The summed E-state index contributed by atoms with van der Waals surface area (Å²) < 4.78 is 0. The summed E-state index contributed by atoms with van der Waals surface area (Å²) in [5, 5.41) is 3.90. The molecule has 0 aromatic carbocycles. The van der Waals surface area contributed by atoms with Crippen LogP contribution in [-0.4, -0.2) is 31.5 Å². The van der Waals surface area contributed by atoms with Gasteiger partial charge in [-0.1, -0.05) is 12.2 Å². The second kappa shape index (κ2) is 7.60. The SMILES string of the molecule is Cc1c2[nH]c(c1C)C=c1[nH]c(c3c1C1C=C[C@@H]3C(=O)C1=O)=Cc1[nH]c(c(C)c1C)C=c1[nH]c(c(C)c1C)=C2. The van der Waals surface area contributed by atoms with Gasteiger partial charge in [0.25, 0.3) is 0 Å². The Balaban J connectivity index is 1.64. The first-order valence-corrected chi connectivity index (χ1v) is 13.1. The van der Waals surface area contributed by atoms with Crippen LogP contribution in [0.1, 0.15) is 79.1 Å². The number of allylic oxidation sites excluding steroid dienone is 2. The molecular formula is C32H30N4O2. The fourth-order valence-corrected chi connectivity index (χ4v) is 6.28. The molecule has 4 aliphatic rings. The predicted molar refractivity (Wildman–Crippen MR) is 149 cm³/mol. The van der Waals surface area contributed by atoms with Crippen molar-refractivity contribution in [3.63, 3.8) is 0 Å². The molecule has 0 amide bonds. The quantitative estimate of drug-likeness (QED) is 0.193. The zero-order valence-corrected chi connectivity index (χ0v) is 22.4. The van der Waals surface area contributed by atoms with Gasteiger partial charge in [0.1, 0.15) is 0 Å². The first-order chi connectivity index (χ1) is 18.1. The van der Waals surface area contributed by atoms with Gasteiger partial charge in [0.2, 0.25) is 11.6 Å². The summed E-state index contributed by atoms with van der Waals surface area (Å²) in [4.78, 5) is 40.3. The second-order valence-electron chi connectivity index (χ2n) is 11.0.